The second kappa shape index (κ2) is 21.4. The normalized spacial score (nSPS) is 13.3. The van der Waals surface area contributed by atoms with Crippen molar-refractivity contribution in [2.45, 2.75) is 103 Å². The Hall–Kier alpha value is -4.08. The summed E-state index contributed by atoms with van der Waals surface area (Å²) in [7, 11) is 4.22. The summed E-state index contributed by atoms with van der Waals surface area (Å²) in [6.45, 7) is 5.27. The van der Waals surface area contributed by atoms with Gasteiger partial charge in [0.1, 0.15) is 5.69 Å². The summed E-state index contributed by atoms with van der Waals surface area (Å²) >= 11 is 6.22. The number of nitrogens with zero attached hydrogens (tertiary/aromatic N) is 3. The molecule has 0 unspecified atom stereocenters. The van der Waals surface area contributed by atoms with E-state index < -0.39 is 4.92 Å². The minimum atomic E-state index is -0.513. The predicted octanol–water partition coefficient (Wildman–Crippen LogP) is 11.0. The van der Waals surface area contributed by atoms with Crippen LogP contribution in [0.2, 0.25) is 5.02 Å². The molecule has 0 saturated heterocycles. The third-order valence-corrected chi connectivity index (χ3v) is 10.0. The Labute approximate surface area is 316 Å². The van der Waals surface area contributed by atoms with Crippen molar-refractivity contribution in [3.63, 3.8) is 0 Å². The number of nitrogen functional groups attached to an aromatic ring is 1. The standard InChI is InChI=1S/C42H59ClN6O3/c1-4-5-6-7-8-9-10-11-12-13-14-15-16-17-28-48(29-18-27-47(2)3)35-23-21-34(22-24-35)45-41(32-19-26-37(44)39(30-32)49(51)52)40-36-25-20-33(43)31-38(36)46-42(40)50/h19-26,30-31,45H,4-18,27-29,44H2,1-3H3,(H,46,50). The summed E-state index contributed by atoms with van der Waals surface area (Å²) in [5, 5.41) is 18.6. The molecule has 52 heavy (non-hydrogen) atoms. The average molecular weight is 731 g/mol. The molecule has 0 saturated carbocycles. The number of nitro benzene ring substituents is 1. The zero-order chi connectivity index (χ0) is 37.3. The Morgan fingerprint density at radius 1 is 0.788 bits per heavy atom. The molecule has 1 aliphatic rings. The van der Waals surface area contributed by atoms with E-state index in [4.69, 9.17) is 17.3 Å². The number of nitrogens with two attached hydrogens (primary N) is 1. The Balaban J connectivity index is 1.40. The third kappa shape index (κ3) is 12.6. The zero-order valence-electron chi connectivity index (χ0n) is 31.5. The fourth-order valence-corrected chi connectivity index (χ4v) is 7.05. The van der Waals surface area contributed by atoms with E-state index in [0.717, 1.165) is 43.9 Å². The van der Waals surface area contributed by atoms with Gasteiger partial charge in [0.2, 0.25) is 0 Å². The van der Waals surface area contributed by atoms with E-state index in [2.05, 4.69) is 53.6 Å². The molecule has 0 bridgehead atoms. The van der Waals surface area contributed by atoms with Crippen LogP contribution in [-0.2, 0) is 4.79 Å². The number of halogens is 1. The molecule has 0 aliphatic carbocycles. The van der Waals surface area contributed by atoms with Crippen LogP contribution < -0.4 is 21.3 Å². The number of fused-ring (bicyclic) bond motifs is 1. The number of benzene rings is 3. The van der Waals surface area contributed by atoms with Crippen molar-refractivity contribution < 1.29 is 9.72 Å². The largest absolute Gasteiger partial charge is 0.393 e. The van der Waals surface area contributed by atoms with Crippen LogP contribution in [0.25, 0.3) is 11.3 Å². The molecule has 1 aliphatic heterocycles. The van der Waals surface area contributed by atoms with E-state index in [1.54, 1.807) is 24.3 Å². The minimum absolute atomic E-state index is 0.0543. The number of amides is 1. The van der Waals surface area contributed by atoms with Gasteiger partial charge in [-0.3, -0.25) is 14.9 Å². The maximum atomic E-state index is 13.4. The Morgan fingerprint density at radius 2 is 1.38 bits per heavy atom. The highest BCUT2D eigenvalue weighted by Gasteiger charge is 2.29. The van der Waals surface area contributed by atoms with E-state index >= 15 is 0 Å². The second-order valence-corrected chi connectivity index (χ2v) is 14.8. The first-order chi connectivity index (χ1) is 25.2. The quantitative estimate of drug-likeness (QED) is 0.0276. The molecule has 9 nitrogen and oxygen atoms in total. The van der Waals surface area contributed by atoms with Crippen LogP contribution in [0.1, 0.15) is 114 Å². The first kappa shape index (κ1) is 40.7. The first-order valence-electron chi connectivity index (χ1n) is 19.3. The number of nitro groups is 1. The molecular formula is C42H59ClN6O3. The lowest BCUT2D eigenvalue weighted by molar-refractivity contribution is -0.383. The highest BCUT2D eigenvalue weighted by atomic mass is 35.5. The van der Waals surface area contributed by atoms with Crippen molar-refractivity contribution in [1.29, 1.82) is 0 Å². The van der Waals surface area contributed by atoms with Crippen molar-refractivity contribution in [2.24, 2.45) is 0 Å². The zero-order valence-corrected chi connectivity index (χ0v) is 32.3. The number of carbonyl (C=O) groups is 1. The lowest BCUT2D eigenvalue weighted by atomic mass is 9.99. The molecule has 3 aromatic carbocycles. The number of carbonyl (C=O) groups excluding carboxylic acids is 1. The van der Waals surface area contributed by atoms with Gasteiger partial charge in [-0.25, -0.2) is 0 Å². The number of unbranched alkanes of at least 4 members (excludes halogenated alkanes) is 13. The molecule has 1 amide bonds. The van der Waals surface area contributed by atoms with Gasteiger partial charge in [0, 0.05) is 46.7 Å². The number of hydrogen-bond acceptors (Lipinski definition) is 7. The van der Waals surface area contributed by atoms with Gasteiger partial charge in [0.05, 0.1) is 21.9 Å². The number of hydrogen-bond donors (Lipinski definition) is 3. The van der Waals surface area contributed by atoms with Crippen LogP contribution in [0.4, 0.5) is 28.4 Å². The van der Waals surface area contributed by atoms with E-state index in [-0.39, 0.29) is 17.3 Å². The van der Waals surface area contributed by atoms with Crippen LogP contribution in [0.5, 0.6) is 0 Å². The molecule has 3 aromatic rings. The highest BCUT2D eigenvalue weighted by molar-refractivity contribution is 6.38. The molecule has 1 heterocycles. The van der Waals surface area contributed by atoms with Crippen LogP contribution in [0, 0.1) is 10.1 Å². The number of nitrogens with one attached hydrogen (secondary N) is 2. The van der Waals surface area contributed by atoms with Crippen LogP contribution in [0.3, 0.4) is 0 Å². The lowest BCUT2D eigenvalue weighted by Crippen LogP contribution is -2.28. The summed E-state index contributed by atoms with van der Waals surface area (Å²) in [6.07, 6.45) is 19.9. The molecule has 10 heteroatoms. The summed E-state index contributed by atoms with van der Waals surface area (Å²) in [5.41, 5.74) is 10.2. The number of rotatable bonds is 24. The van der Waals surface area contributed by atoms with Crippen molar-refractivity contribution >= 4 is 57.2 Å². The predicted molar refractivity (Wildman–Crippen MR) is 220 cm³/mol. The topological polar surface area (TPSA) is 117 Å². The SMILES string of the molecule is CCCCCCCCCCCCCCCCN(CCCN(C)C)c1ccc(NC(=C2C(=O)Nc3cc(Cl)ccc32)c2ccc(N)c([N+](=O)[O-])c2)cc1. The van der Waals surface area contributed by atoms with Crippen LogP contribution >= 0.6 is 11.6 Å². The summed E-state index contributed by atoms with van der Waals surface area (Å²) < 4.78 is 0. The summed E-state index contributed by atoms with van der Waals surface area (Å²) in [5.74, 6) is -0.323. The van der Waals surface area contributed by atoms with Crippen molar-refractivity contribution in [2.75, 3.05) is 55.0 Å². The van der Waals surface area contributed by atoms with Crippen molar-refractivity contribution in [1.82, 2.24) is 4.90 Å². The van der Waals surface area contributed by atoms with Crippen molar-refractivity contribution in [3.8, 4) is 0 Å². The smallest absolute Gasteiger partial charge is 0.292 e. The molecule has 0 radical (unpaired) electrons. The monoisotopic (exact) mass is 730 g/mol. The molecule has 0 aromatic heterocycles. The van der Waals surface area contributed by atoms with Gasteiger partial charge in [0.15, 0.2) is 0 Å². The number of anilines is 4. The first-order valence-corrected chi connectivity index (χ1v) is 19.7. The Kier molecular flexibility index (Phi) is 16.8. The maximum absolute atomic E-state index is 13.4. The fraction of sp³-hybridized carbons (Fsp3) is 0.500. The molecule has 282 valence electrons. The van der Waals surface area contributed by atoms with Crippen LogP contribution in [0.15, 0.2) is 60.7 Å². The van der Waals surface area contributed by atoms with Gasteiger partial charge in [-0.2, -0.15) is 0 Å². The van der Waals surface area contributed by atoms with Crippen LogP contribution in [-0.4, -0.2) is 49.5 Å². The van der Waals surface area contributed by atoms with Gasteiger partial charge in [-0.05, 0) is 75.9 Å². The highest BCUT2D eigenvalue weighted by Crippen LogP contribution is 2.40. The molecule has 0 spiro atoms. The average Bonchev–Trinajstić information content (AvgIpc) is 3.44. The fourth-order valence-electron chi connectivity index (χ4n) is 6.87. The molecule has 0 atom stereocenters. The third-order valence-electron chi connectivity index (χ3n) is 9.81. The van der Waals surface area contributed by atoms with E-state index in [1.807, 2.05) is 12.1 Å². The lowest BCUT2D eigenvalue weighted by Gasteiger charge is -2.26. The van der Waals surface area contributed by atoms with E-state index in [1.165, 1.54) is 95.6 Å². The summed E-state index contributed by atoms with van der Waals surface area (Å²) in [6, 6.07) is 18.0. The Morgan fingerprint density at radius 3 is 1.98 bits per heavy atom. The van der Waals surface area contributed by atoms with Gasteiger partial charge in [0.25, 0.3) is 11.6 Å². The molecule has 4 rings (SSSR count). The second-order valence-electron chi connectivity index (χ2n) is 14.3. The van der Waals surface area contributed by atoms with Gasteiger partial charge in [-0.1, -0.05) is 114 Å². The van der Waals surface area contributed by atoms with E-state index in [0.29, 0.717) is 33.1 Å². The molecule has 4 N–H and O–H groups in total. The van der Waals surface area contributed by atoms with Gasteiger partial charge >= 0.3 is 0 Å². The Bertz CT molecular complexity index is 1620. The van der Waals surface area contributed by atoms with E-state index in [9.17, 15) is 14.9 Å². The summed E-state index contributed by atoms with van der Waals surface area (Å²) in [4.78, 5) is 29.4. The maximum Gasteiger partial charge on any atom is 0.292 e. The minimum Gasteiger partial charge on any atom is -0.393 e. The van der Waals surface area contributed by atoms with Crippen molar-refractivity contribution in [3.05, 3.63) is 86.9 Å². The van der Waals surface area contributed by atoms with Gasteiger partial charge in [-0.15, -0.1) is 0 Å². The molecular weight excluding hydrogens is 672 g/mol. The molecule has 0 fully saturated rings. The van der Waals surface area contributed by atoms with Gasteiger partial charge < -0.3 is 26.2 Å².